The molecule has 1 atom stereocenters. The Morgan fingerprint density at radius 1 is 1.21 bits per heavy atom. The number of pyridine rings is 2. The third kappa shape index (κ3) is 4.37. The molecule has 1 N–H and O–H groups in total. The van der Waals surface area contributed by atoms with Gasteiger partial charge in [-0.05, 0) is 37.1 Å². The summed E-state index contributed by atoms with van der Waals surface area (Å²) in [6.07, 6.45) is 5.69. The van der Waals surface area contributed by atoms with E-state index in [-0.39, 0.29) is 11.7 Å². The fourth-order valence-electron chi connectivity index (χ4n) is 2.95. The van der Waals surface area contributed by atoms with Gasteiger partial charge in [-0.25, -0.2) is 4.79 Å². The van der Waals surface area contributed by atoms with Crippen LogP contribution in [0.25, 0.3) is 0 Å². The van der Waals surface area contributed by atoms with Crippen LogP contribution in [0.4, 0.5) is 0 Å². The predicted octanol–water partition coefficient (Wildman–Crippen LogP) is 2.36. The van der Waals surface area contributed by atoms with Crippen LogP contribution in [-0.4, -0.2) is 45.2 Å². The van der Waals surface area contributed by atoms with Crippen LogP contribution in [-0.2, 0) is 17.8 Å². The Hall–Kier alpha value is -2.31. The molecule has 0 saturated carbocycles. The number of nitrogens with zero attached hydrogens (tertiary/aromatic N) is 3. The monoisotopic (exact) mass is 327 g/mol. The van der Waals surface area contributed by atoms with E-state index in [0.717, 1.165) is 31.7 Å². The Morgan fingerprint density at radius 2 is 2.08 bits per heavy atom. The molecule has 3 heterocycles. The van der Waals surface area contributed by atoms with Crippen LogP contribution in [0.15, 0.2) is 42.7 Å². The van der Waals surface area contributed by atoms with Crippen LogP contribution in [0, 0.1) is 0 Å². The molecule has 1 aliphatic rings. The molecule has 3 rings (SSSR count). The number of ether oxygens (including phenoxy) is 1. The Labute approximate surface area is 141 Å². The van der Waals surface area contributed by atoms with Crippen molar-refractivity contribution in [2.75, 3.05) is 13.2 Å². The first-order chi connectivity index (χ1) is 11.7. The third-order valence-corrected chi connectivity index (χ3v) is 4.09. The predicted molar refractivity (Wildman–Crippen MR) is 88.5 cm³/mol. The van der Waals surface area contributed by atoms with Gasteiger partial charge in [0.25, 0.3) is 0 Å². The molecule has 126 valence electrons. The highest BCUT2D eigenvalue weighted by Gasteiger charge is 2.21. The van der Waals surface area contributed by atoms with Crippen molar-refractivity contribution >= 4 is 5.97 Å². The minimum Gasteiger partial charge on any atom is -0.478 e. The van der Waals surface area contributed by atoms with Gasteiger partial charge in [0, 0.05) is 38.6 Å². The van der Waals surface area contributed by atoms with E-state index in [4.69, 9.17) is 4.74 Å². The van der Waals surface area contributed by atoms with E-state index in [0.29, 0.717) is 18.8 Å². The van der Waals surface area contributed by atoms with Gasteiger partial charge >= 0.3 is 5.97 Å². The number of carboxylic acid groups (broad SMARTS) is 1. The zero-order valence-electron chi connectivity index (χ0n) is 13.5. The van der Waals surface area contributed by atoms with Crippen molar-refractivity contribution in [1.82, 2.24) is 14.9 Å². The minimum absolute atomic E-state index is 0.186. The molecule has 0 amide bonds. The molecule has 1 aliphatic heterocycles. The van der Waals surface area contributed by atoms with Crippen molar-refractivity contribution in [1.29, 1.82) is 0 Å². The summed E-state index contributed by atoms with van der Waals surface area (Å²) in [5.74, 6) is -0.951. The second-order valence-electron chi connectivity index (χ2n) is 5.93. The van der Waals surface area contributed by atoms with Crippen molar-refractivity contribution in [2.45, 2.75) is 32.0 Å². The number of carboxylic acids is 1. The van der Waals surface area contributed by atoms with Gasteiger partial charge in [-0.2, -0.15) is 0 Å². The number of aromatic nitrogens is 2. The summed E-state index contributed by atoms with van der Waals surface area (Å²) >= 11 is 0. The van der Waals surface area contributed by atoms with E-state index in [1.165, 1.54) is 0 Å². The second kappa shape index (κ2) is 7.99. The molecule has 1 fully saturated rings. The fourth-order valence-corrected chi connectivity index (χ4v) is 2.95. The molecule has 2 aromatic rings. The third-order valence-electron chi connectivity index (χ3n) is 4.09. The highest BCUT2D eigenvalue weighted by molar-refractivity contribution is 5.88. The standard InChI is InChI=1S/C18H21N3O3/c22-18(23)16-7-3-9-20-17(16)13-21(12-15-6-4-10-24-15)11-14-5-1-2-8-19-14/h1-3,5,7-9,15H,4,6,10-13H2,(H,22,23). The lowest BCUT2D eigenvalue weighted by atomic mass is 10.1. The smallest absolute Gasteiger partial charge is 0.337 e. The van der Waals surface area contributed by atoms with Gasteiger partial charge < -0.3 is 9.84 Å². The summed E-state index contributed by atoms with van der Waals surface area (Å²) in [7, 11) is 0. The average Bonchev–Trinajstić information content (AvgIpc) is 3.09. The zero-order chi connectivity index (χ0) is 16.8. The topological polar surface area (TPSA) is 75.5 Å². The molecule has 0 spiro atoms. The maximum atomic E-state index is 11.4. The van der Waals surface area contributed by atoms with Crippen molar-refractivity contribution in [3.05, 3.63) is 59.7 Å². The Kier molecular flexibility index (Phi) is 5.51. The summed E-state index contributed by atoms with van der Waals surface area (Å²) in [4.78, 5) is 22.2. The zero-order valence-corrected chi connectivity index (χ0v) is 13.5. The minimum atomic E-state index is -0.951. The first kappa shape index (κ1) is 16.5. The molecule has 0 radical (unpaired) electrons. The van der Waals surface area contributed by atoms with Crippen LogP contribution in [0.5, 0.6) is 0 Å². The molecule has 2 aromatic heterocycles. The molecule has 6 nitrogen and oxygen atoms in total. The molecule has 0 bridgehead atoms. The lowest BCUT2D eigenvalue weighted by Gasteiger charge is -2.25. The van der Waals surface area contributed by atoms with Crippen LogP contribution in [0.3, 0.4) is 0 Å². The summed E-state index contributed by atoms with van der Waals surface area (Å²) in [6.45, 7) is 2.63. The van der Waals surface area contributed by atoms with E-state index < -0.39 is 5.97 Å². The Balaban J connectivity index is 1.77. The highest BCUT2D eigenvalue weighted by Crippen LogP contribution is 2.17. The molecule has 1 saturated heterocycles. The maximum absolute atomic E-state index is 11.4. The van der Waals surface area contributed by atoms with Gasteiger partial charge in [0.05, 0.1) is 23.1 Å². The maximum Gasteiger partial charge on any atom is 0.337 e. The molecule has 0 aliphatic carbocycles. The molecule has 1 unspecified atom stereocenters. The van der Waals surface area contributed by atoms with E-state index >= 15 is 0 Å². The van der Waals surface area contributed by atoms with Crippen LogP contribution < -0.4 is 0 Å². The first-order valence-corrected chi connectivity index (χ1v) is 8.13. The van der Waals surface area contributed by atoms with Crippen molar-refractivity contribution in [3.8, 4) is 0 Å². The lowest BCUT2D eigenvalue weighted by molar-refractivity contribution is 0.0653. The SMILES string of the molecule is O=C(O)c1cccnc1CN(Cc1ccccn1)CC1CCCO1. The van der Waals surface area contributed by atoms with E-state index in [1.807, 2.05) is 18.2 Å². The number of aromatic carboxylic acids is 1. The normalized spacial score (nSPS) is 17.3. The lowest BCUT2D eigenvalue weighted by Crippen LogP contribution is -2.32. The number of rotatable bonds is 7. The van der Waals surface area contributed by atoms with Gasteiger partial charge in [0.2, 0.25) is 0 Å². The van der Waals surface area contributed by atoms with Crippen LogP contribution in [0.1, 0.15) is 34.6 Å². The fraction of sp³-hybridized carbons (Fsp3) is 0.389. The number of hydrogen-bond donors (Lipinski definition) is 1. The summed E-state index contributed by atoms with van der Waals surface area (Å²) in [5, 5.41) is 9.36. The highest BCUT2D eigenvalue weighted by atomic mass is 16.5. The van der Waals surface area contributed by atoms with Crippen molar-refractivity contribution in [2.24, 2.45) is 0 Å². The van der Waals surface area contributed by atoms with Gasteiger partial charge in [0.15, 0.2) is 0 Å². The van der Waals surface area contributed by atoms with Crippen LogP contribution >= 0.6 is 0 Å². The molecular formula is C18H21N3O3. The van der Waals surface area contributed by atoms with Crippen molar-refractivity contribution in [3.63, 3.8) is 0 Å². The Bertz CT molecular complexity index is 672. The summed E-state index contributed by atoms with van der Waals surface area (Å²) in [6, 6.07) is 9.05. The van der Waals surface area contributed by atoms with Gasteiger partial charge in [0.1, 0.15) is 0 Å². The van der Waals surface area contributed by atoms with Gasteiger partial charge in [-0.15, -0.1) is 0 Å². The van der Waals surface area contributed by atoms with E-state index in [9.17, 15) is 9.90 Å². The number of carbonyl (C=O) groups is 1. The molecular weight excluding hydrogens is 306 g/mol. The average molecular weight is 327 g/mol. The van der Waals surface area contributed by atoms with Gasteiger partial charge in [-0.1, -0.05) is 6.07 Å². The van der Waals surface area contributed by atoms with Crippen molar-refractivity contribution < 1.29 is 14.6 Å². The molecule has 6 heteroatoms. The molecule has 0 aromatic carbocycles. The second-order valence-corrected chi connectivity index (χ2v) is 5.93. The van der Waals surface area contributed by atoms with Crippen LogP contribution in [0.2, 0.25) is 0 Å². The number of hydrogen-bond acceptors (Lipinski definition) is 5. The summed E-state index contributed by atoms with van der Waals surface area (Å²) < 4.78 is 5.74. The largest absolute Gasteiger partial charge is 0.478 e. The molecule has 24 heavy (non-hydrogen) atoms. The van der Waals surface area contributed by atoms with Gasteiger partial charge in [-0.3, -0.25) is 14.9 Å². The van der Waals surface area contributed by atoms with E-state index in [1.54, 1.807) is 24.5 Å². The first-order valence-electron chi connectivity index (χ1n) is 8.13. The van der Waals surface area contributed by atoms with E-state index in [2.05, 4.69) is 14.9 Å². The summed E-state index contributed by atoms with van der Waals surface area (Å²) in [5.41, 5.74) is 1.76. The quantitative estimate of drug-likeness (QED) is 0.841. The Morgan fingerprint density at radius 3 is 2.79 bits per heavy atom.